The van der Waals surface area contributed by atoms with E-state index in [1.54, 1.807) is 32.8 Å². The Morgan fingerprint density at radius 3 is 2.25 bits per heavy atom. The van der Waals surface area contributed by atoms with Crippen molar-refractivity contribution in [2.45, 2.75) is 33.1 Å². The number of hydrogen-bond donors (Lipinski definition) is 1. The van der Waals surface area contributed by atoms with Crippen LogP contribution in [0, 0.1) is 5.92 Å². The van der Waals surface area contributed by atoms with Crippen LogP contribution in [0.4, 0.5) is 0 Å². The molecule has 1 N–H and O–H groups in total. The van der Waals surface area contributed by atoms with E-state index in [0.717, 1.165) is 0 Å². The molecule has 0 aliphatic carbocycles. The summed E-state index contributed by atoms with van der Waals surface area (Å²) < 4.78 is 4.88. The predicted octanol–water partition coefficient (Wildman–Crippen LogP) is 1.46. The van der Waals surface area contributed by atoms with Crippen LogP contribution in [-0.2, 0) is 19.1 Å². The maximum Gasteiger partial charge on any atom is 0.343 e. The minimum atomic E-state index is -0.953. The Morgan fingerprint density at radius 2 is 1.85 bits per heavy atom. The van der Waals surface area contributed by atoms with Gasteiger partial charge in [-0.1, -0.05) is 6.92 Å². The first kappa shape index (κ1) is 18.1. The van der Waals surface area contributed by atoms with E-state index >= 15 is 0 Å². The summed E-state index contributed by atoms with van der Waals surface area (Å²) in [6.07, 6.45) is 2.02. The molecule has 0 aliphatic rings. The van der Waals surface area contributed by atoms with Crippen LogP contribution in [-0.4, -0.2) is 48.4 Å². The van der Waals surface area contributed by atoms with Gasteiger partial charge in [-0.2, -0.15) is 0 Å². The maximum absolute atomic E-state index is 12.4. The number of carboxylic acids is 1. The molecule has 0 saturated carbocycles. The van der Waals surface area contributed by atoms with Gasteiger partial charge in [0.15, 0.2) is 5.78 Å². The lowest BCUT2D eigenvalue weighted by molar-refractivity contribution is -0.140. The molecule has 6 heteroatoms. The number of esters is 1. The van der Waals surface area contributed by atoms with Gasteiger partial charge in [0, 0.05) is 32.6 Å². The number of rotatable bonds is 9. The van der Waals surface area contributed by atoms with Gasteiger partial charge in [0.1, 0.15) is 5.57 Å². The largest absolute Gasteiger partial charge is 0.481 e. The Hall–Kier alpha value is -1.85. The van der Waals surface area contributed by atoms with Crippen molar-refractivity contribution in [3.8, 4) is 0 Å². The molecular formula is C14H23NO5. The quantitative estimate of drug-likeness (QED) is 0.299. The number of hydrogen-bond acceptors (Lipinski definition) is 5. The summed E-state index contributed by atoms with van der Waals surface area (Å²) in [4.78, 5) is 36.4. The van der Waals surface area contributed by atoms with Crippen LogP contribution in [0.5, 0.6) is 0 Å². The van der Waals surface area contributed by atoms with E-state index in [9.17, 15) is 14.4 Å². The fourth-order valence-electron chi connectivity index (χ4n) is 1.72. The Kier molecular flexibility index (Phi) is 8.27. The standard InChI is InChI=1S/C14H23NO5/c1-5-10(7-8-12(16)17)13(18)11(9-15(3)4)14(19)20-6-2/h9-10H,5-8H2,1-4H3,(H,16,17). The van der Waals surface area contributed by atoms with E-state index < -0.39 is 17.9 Å². The first-order valence-corrected chi connectivity index (χ1v) is 6.64. The van der Waals surface area contributed by atoms with Crippen molar-refractivity contribution >= 4 is 17.7 Å². The second-order valence-electron chi connectivity index (χ2n) is 4.63. The molecule has 20 heavy (non-hydrogen) atoms. The summed E-state index contributed by atoms with van der Waals surface area (Å²) in [5.74, 6) is -2.46. The number of carbonyl (C=O) groups excluding carboxylic acids is 2. The van der Waals surface area contributed by atoms with Gasteiger partial charge < -0.3 is 14.7 Å². The third-order valence-corrected chi connectivity index (χ3v) is 2.72. The summed E-state index contributed by atoms with van der Waals surface area (Å²) in [7, 11) is 3.40. The lowest BCUT2D eigenvalue weighted by Gasteiger charge is -2.16. The molecular weight excluding hydrogens is 262 g/mol. The zero-order valence-corrected chi connectivity index (χ0v) is 12.5. The highest BCUT2D eigenvalue weighted by molar-refractivity contribution is 6.18. The van der Waals surface area contributed by atoms with Gasteiger partial charge in [0.05, 0.1) is 6.61 Å². The fraction of sp³-hybridized carbons (Fsp3) is 0.643. The molecule has 0 rings (SSSR count). The second kappa shape index (κ2) is 9.12. The minimum Gasteiger partial charge on any atom is -0.481 e. The summed E-state index contributed by atoms with van der Waals surface area (Å²) in [6.45, 7) is 3.64. The van der Waals surface area contributed by atoms with Crippen molar-refractivity contribution in [2.75, 3.05) is 20.7 Å². The van der Waals surface area contributed by atoms with Crippen LogP contribution in [0.25, 0.3) is 0 Å². The average Bonchev–Trinajstić information content (AvgIpc) is 2.36. The Bertz CT molecular complexity index is 387. The number of nitrogens with zero attached hydrogens (tertiary/aromatic N) is 1. The smallest absolute Gasteiger partial charge is 0.343 e. The summed E-state index contributed by atoms with van der Waals surface area (Å²) >= 11 is 0. The number of carbonyl (C=O) groups is 3. The van der Waals surface area contributed by atoms with Gasteiger partial charge >= 0.3 is 11.9 Å². The van der Waals surface area contributed by atoms with Gasteiger partial charge in [-0.25, -0.2) is 4.79 Å². The molecule has 0 radical (unpaired) electrons. The normalized spacial score (nSPS) is 12.7. The van der Waals surface area contributed by atoms with Crippen molar-refractivity contribution in [1.29, 1.82) is 0 Å². The molecule has 0 aromatic carbocycles. The summed E-state index contributed by atoms with van der Waals surface area (Å²) in [6, 6.07) is 0. The zero-order chi connectivity index (χ0) is 15.7. The first-order valence-electron chi connectivity index (χ1n) is 6.64. The number of Topliss-reactive ketones (excluding diaryl/α,β-unsaturated/α-hetero) is 1. The number of ether oxygens (including phenoxy) is 1. The van der Waals surface area contributed by atoms with Crippen LogP contribution in [0.1, 0.15) is 33.1 Å². The molecule has 1 unspecified atom stereocenters. The highest BCUT2D eigenvalue weighted by atomic mass is 16.5. The third-order valence-electron chi connectivity index (χ3n) is 2.72. The van der Waals surface area contributed by atoms with Crippen LogP contribution in [0.2, 0.25) is 0 Å². The van der Waals surface area contributed by atoms with E-state index in [1.165, 1.54) is 6.20 Å². The Balaban J connectivity index is 5.09. The van der Waals surface area contributed by atoms with E-state index in [0.29, 0.717) is 6.42 Å². The predicted molar refractivity (Wildman–Crippen MR) is 74.1 cm³/mol. The molecule has 1 atom stereocenters. The van der Waals surface area contributed by atoms with Gasteiger partial charge in [-0.3, -0.25) is 9.59 Å². The molecule has 114 valence electrons. The van der Waals surface area contributed by atoms with Crippen LogP contribution in [0.3, 0.4) is 0 Å². The van der Waals surface area contributed by atoms with Crippen molar-refractivity contribution in [1.82, 2.24) is 4.90 Å². The molecule has 0 aromatic heterocycles. The fourth-order valence-corrected chi connectivity index (χ4v) is 1.72. The molecule has 6 nitrogen and oxygen atoms in total. The Labute approximate surface area is 119 Å². The van der Waals surface area contributed by atoms with Crippen LogP contribution in [0.15, 0.2) is 11.8 Å². The van der Waals surface area contributed by atoms with Gasteiger partial charge in [0.2, 0.25) is 0 Å². The van der Waals surface area contributed by atoms with Crippen molar-refractivity contribution in [3.63, 3.8) is 0 Å². The van der Waals surface area contributed by atoms with E-state index in [4.69, 9.17) is 9.84 Å². The summed E-state index contributed by atoms with van der Waals surface area (Å²) in [5, 5.41) is 8.69. The monoisotopic (exact) mass is 285 g/mol. The van der Waals surface area contributed by atoms with E-state index in [2.05, 4.69) is 0 Å². The molecule has 0 aliphatic heterocycles. The second-order valence-corrected chi connectivity index (χ2v) is 4.63. The lowest BCUT2D eigenvalue weighted by Crippen LogP contribution is -2.25. The van der Waals surface area contributed by atoms with Gasteiger partial charge in [-0.05, 0) is 19.8 Å². The first-order chi connectivity index (χ1) is 9.33. The third kappa shape index (κ3) is 6.36. The number of ketones is 1. The van der Waals surface area contributed by atoms with Crippen molar-refractivity contribution in [2.24, 2.45) is 5.92 Å². The number of carboxylic acid groups (broad SMARTS) is 1. The average molecular weight is 285 g/mol. The lowest BCUT2D eigenvalue weighted by atomic mass is 9.91. The minimum absolute atomic E-state index is 0.0333. The molecule has 0 heterocycles. The molecule has 0 bridgehead atoms. The Morgan fingerprint density at radius 1 is 1.25 bits per heavy atom. The van der Waals surface area contributed by atoms with Crippen LogP contribution < -0.4 is 0 Å². The summed E-state index contributed by atoms with van der Waals surface area (Å²) in [5.41, 5.74) is -0.0333. The maximum atomic E-state index is 12.4. The zero-order valence-electron chi connectivity index (χ0n) is 12.5. The molecule has 0 saturated heterocycles. The van der Waals surface area contributed by atoms with Gasteiger partial charge in [0.25, 0.3) is 0 Å². The van der Waals surface area contributed by atoms with Crippen LogP contribution >= 0.6 is 0 Å². The topological polar surface area (TPSA) is 83.9 Å². The molecule has 0 spiro atoms. The molecule has 0 aromatic rings. The van der Waals surface area contributed by atoms with Crippen molar-refractivity contribution in [3.05, 3.63) is 11.8 Å². The van der Waals surface area contributed by atoms with Gasteiger partial charge in [-0.15, -0.1) is 0 Å². The van der Waals surface area contributed by atoms with Crippen molar-refractivity contribution < 1.29 is 24.2 Å². The SMILES string of the molecule is CCOC(=O)C(=CN(C)C)C(=O)C(CC)CCC(=O)O. The number of aliphatic carboxylic acids is 1. The van der Waals surface area contributed by atoms with E-state index in [-0.39, 0.29) is 30.8 Å². The molecule has 0 fully saturated rings. The molecule has 0 amide bonds. The highest BCUT2D eigenvalue weighted by Gasteiger charge is 2.27. The highest BCUT2D eigenvalue weighted by Crippen LogP contribution is 2.18. The van der Waals surface area contributed by atoms with E-state index in [1.807, 2.05) is 0 Å².